The van der Waals surface area contributed by atoms with E-state index in [-0.39, 0.29) is 5.91 Å². The largest absolute Gasteiger partial charge is 0.398 e. The molecule has 0 aromatic heterocycles. The van der Waals surface area contributed by atoms with Crippen LogP contribution in [0.25, 0.3) is 0 Å². The lowest BCUT2D eigenvalue weighted by Gasteiger charge is -2.21. The second kappa shape index (κ2) is 4.56. The summed E-state index contributed by atoms with van der Waals surface area (Å²) in [6, 6.07) is 7.97. The molecular weight excluding hydrogens is 200 g/mol. The van der Waals surface area contributed by atoms with Gasteiger partial charge in [0.2, 0.25) is 5.91 Å². The fourth-order valence-corrected chi connectivity index (χ4v) is 2.26. The van der Waals surface area contributed by atoms with E-state index in [9.17, 15) is 4.79 Å². The molecule has 1 heterocycles. The van der Waals surface area contributed by atoms with E-state index in [1.54, 1.807) is 0 Å². The summed E-state index contributed by atoms with van der Waals surface area (Å²) < 4.78 is 0. The van der Waals surface area contributed by atoms with Gasteiger partial charge in [-0.1, -0.05) is 18.2 Å². The van der Waals surface area contributed by atoms with Gasteiger partial charge in [-0.05, 0) is 31.4 Å². The molecule has 1 atom stereocenters. The molecule has 1 aromatic carbocycles. The van der Waals surface area contributed by atoms with Crippen LogP contribution in [-0.4, -0.2) is 23.4 Å². The summed E-state index contributed by atoms with van der Waals surface area (Å²) in [7, 11) is 0. The fourth-order valence-electron chi connectivity index (χ4n) is 2.26. The summed E-state index contributed by atoms with van der Waals surface area (Å²) in [5.74, 6) is 0.197. The maximum Gasteiger partial charge on any atom is 0.227 e. The Morgan fingerprint density at radius 2 is 2.25 bits per heavy atom. The molecular formula is C13H18N2O. The maximum absolute atomic E-state index is 12.0. The molecule has 2 N–H and O–H groups in total. The highest BCUT2D eigenvalue weighted by molar-refractivity contribution is 5.80. The van der Waals surface area contributed by atoms with Gasteiger partial charge in [-0.15, -0.1) is 0 Å². The van der Waals surface area contributed by atoms with Gasteiger partial charge in [0.25, 0.3) is 0 Å². The highest BCUT2D eigenvalue weighted by atomic mass is 16.2. The smallest absolute Gasteiger partial charge is 0.227 e. The average molecular weight is 218 g/mol. The van der Waals surface area contributed by atoms with E-state index in [0.717, 1.165) is 24.9 Å². The van der Waals surface area contributed by atoms with Gasteiger partial charge in [0.1, 0.15) is 0 Å². The highest BCUT2D eigenvalue weighted by Crippen LogP contribution is 2.19. The van der Waals surface area contributed by atoms with Crippen molar-refractivity contribution in [3.8, 4) is 0 Å². The highest BCUT2D eigenvalue weighted by Gasteiger charge is 2.25. The van der Waals surface area contributed by atoms with E-state index >= 15 is 0 Å². The summed E-state index contributed by atoms with van der Waals surface area (Å²) in [5, 5.41) is 0. The van der Waals surface area contributed by atoms with Gasteiger partial charge in [0, 0.05) is 18.3 Å². The van der Waals surface area contributed by atoms with Crippen molar-refractivity contribution in [3.63, 3.8) is 0 Å². The first-order valence-electron chi connectivity index (χ1n) is 5.81. The lowest BCUT2D eigenvalue weighted by atomic mass is 10.1. The van der Waals surface area contributed by atoms with Crippen molar-refractivity contribution in [1.29, 1.82) is 0 Å². The molecule has 0 radical (unpaired) electrons. The zero-order chi connectivity index (χ0) is 11.5. The number of likely N-dealkylation sites (tertiary alicyclic amines) is 1. The van der Waals surface area contributed by atoms with Crippen molar-refractivity contribution in [1.82, 2.24) is 4.90 Å². The summed E-state index contributed by atoms with van der Waals surface area (Å²) in [4.78, 5) is 14.0. The minimum absolute atomic E-state index is 0.197. The molecule has 1 aliphatic rings. The fraction of sp³-hybridized carbons (Fsp3) is 0.462. The van der Waals surface area contributed by atoms with Crippen LogP contribution in [-0.2, 0) is 11.2 Å². The number of nitrogens with zero attached hydrogens (tertiary/aromatic N) is 1. The molecule has 16 heavy (non-hydrogen) atoms. The number of anilines is 1. The lowest BCUT2D eigenvalue weighted by Crippen LogP contribution is -2.34. The number of para-hydroxylation sites is 1. The normalized spacial score (nSPS) is 20.1. The summed E-state index contributed by atoms with van der Waals surface area (Å²) in [6.45, 7) is 3.01. The average Bonchev–Trinajstić information content (AvgIpc) is 2.68. The third kappa shape index (κ3) is 2.18. The molecule has 3 heteroatoms. The van der Waals surface area contributed by atoms with Crippen LogP contribution in [0.2, 0.25) is 0 Å². The minimum atomic E-state index is 0.197. The van der Waals surface area contributed by atoms with Crippen molar-refractivity contribution >= 4 is 11.6 Å². The Morgan fingerprint density at radius 3 is 2.88 bits per heavy atom. The Hall–Kier alpha value is -1.51. The van der Waals surface area contributed by atoms with Crippen LogP contribution in [0.3, 0.4) is 0 Å². The standard InChI is InChI=1S/C13H18N2O/c1-10-5-4-8-15(10)13(16)9-11-6-2-3-7-12(11)14/h2-3,6-7,10H,4-5,8-9,14H2,1H3. The van der Waals surface area contributed by atoms with E-state index in [1.807, 2.05) is 29.2 Å². The third-order valence-corrected chi connectivity index (χ3v) is 3.27. The number of hydrogen-bond acceptors (Lipinski definition) is 2. The van der Waals surface area contributed by atoms with Crippen molar-refractivity contribution in [2.45, 2.75) is 32.2 Å². The van der Waals surface area contributed by atoms with Gasteiger partial charge in [-0.2, -0.15) is 0 Å². The quantitative estimate of drug-likeness (QED) is 0.770. The second-order valence-corrected chi connectivity index (χ2v) is 4.45. The van der Waals surface area contributed by atoms with Crippen LogP contribution >= 0.6 is 0 Å². The molecule has 1 fully saturated rings. The molecule has 0 aliphatic carbocycles. The molecule has 1 aliphatic heterocycles. The van der Waals surface area contributed by atoms with Crippen molar-refractivity contribution in [3.05, 3.63) is 29.8 Å². The third-order valence-electron chi connectivity index (χ3n) is 3.27. The number of carbonyl (C=O) groups excluding carboxylic acids is 1. The number of hydrogen-bond donors (Lipinski definition) is 1. The Kier molecular flexibility index (Phi) is 3.13. The predicted molar refractivity (Wildman–Crippen MR) is 65.0 cm³/mol. The Labute approximate surface area is 96.2 Å². The van der Waals surface area contributed by atoms with Gasteiger partial charge in [-0.3, -0.25) is 4.79 Å². The van der Waals surface area contributed by atoms with Crippen LogP contribution in [0, 0.1) is 0 Å². The monoisotopic (exact) mass is 218 g/mol. The summed E-state index contributed by atoms with van der Waals surface area (Å²) >= 11 is 0. The first-order chi connectivity index (χ1) is 7.68. The predicted octanol–water partition coefficient (Wildman–Crippen LogP) is 1.82. The molecule has 1 saturated heterocycles. The van der Waals surface area contributed by atoms with E-state index in [4.69, 9.17) is 5.73 Å². The van der Waals surface area contributed by atoms with Crippen molar-refractivity contribution < 1.29 is 4.79 Å². The van der Waals surface area contributed by atoms with E-state index < -0.39 is 0 Å². The number of carbonyl (C=O) groups is 1. The lowest BCUT2D eigenvalue weighted by molar-refractivity contribution is -0.130. The maximum atomic E-state index is 12.0. The SMILES string of the molecule is CC1CCCN1C(=O)Cc1ccccc1N. The molecule has 1 aromatic rings. The van der Waals surface area contributed by atoms with Gasteiger partial charge in [-0.25, -0.2) is 0 Å². The van der Waals surface area contributed by atoms with Crippen molar-refractivity contribution in [2.24, 2.45) is 0 Å². The van der Waals surface area contributed by atoms with Gasteiger partial charge >= 0.3 is 0 Å². The molecule has 0 bridgehead atoms. The second-order valence-electron chi connectivity index (χ2n) is 4.45. The number of amides is 1. The Morgan fingerprint density at radius 1 is 1.50 bits per heavy atom. The summed E-state index contributed by atoms with van der Waals surface area (Å²) in [6.07, 6.45) is 2.67. The van der Waals surface area contributed by atoms with Gasteiger partial charge in [0.05, 0.1) is 6.42 Å². The molecule has 86 valence electrons. The zero-order valence-electron chi connectivity index (χ0n) is 9.65. The molecule has 2 rings (SSSR count). The van der Waals surface area contributed by atoms with Crippen LogP contribution in [0.15, 0.2) is 24.3 Å². The van der Waals surface area contributed by atoms with Gasteiger partial charge in [0.15, 0.2) is 0 Å². The Bertz CT molecular complexity index is 389. The van der Waals surface area contributed by atoms with Crippen LogP contribution in [0.5, 0.6) is 0 Å². The molecule has 3 nitrogen and oxygen atoms in total. The molecule has 1 unspecified atom stereocenters. The first kappa shape index (κ1) is 11.0. The Balaban J connectivity index is 2.05. The van der Waals surface area contributed by atoms with Crippen LogP contribution in [0.1, 0.15) is 25.3 Å². The molecule has 0 saturated carbocycles. The van der Waals surface area contributed by atoms with Crippen molar-refractivity contribution in [2.75, 3.05) is 12.3 Å². The van der Waals surface area contributed by atoms with E-state index in [0.29, 0.717) is 18.2 Å². The van der Waals surface area contributed by atoms with Crippen LogP contribution in [0.4, 0.5) is 5.69 Å². The minimum Gasteiger partial charge on any atom is -0.398 e. The number of benzene rings is 1. The molecule has 0 spiro atoms. The topological polar surface area (TPSA) is 46.3 Å². The number of rotatable bonds is 2. The zero-order valence-corrected chi connectivity index (χ0v) is 9.65. The first-order valence-corrected chi connectivity index (χ1v) is 5.81. The van der Waals surface area contributed by atoms with Gasteiger partial charge < -0.3 is 10.6 Å². The number of nitrogens with two attached hydrogens (primary N) is 1. The number of nitrogen functional groups attached to an aromatic ring is 1. The van der Waals surface area contributed by atoms with E-state index in [1.165, 1.54) is 0 Å². The van der Waals surface area contributed by atoms with Crippen LogP contribution < -0.4 is 5.73 Å². The van der Waals surface area contributed by atoms with E-state index in [2.05, 4.69) is 6.92 Å². The molecule has 1 amide bonds. The summed E-state index contributed by atoms with van der Waals surface area (Å²) in [5.41, 5.74) is 7.48.